The van der Waals surface area contributed by atoms with Crippen LogP contribution in [0, 0.1) is 0 Å². The van der Waals surface area contributed by atoms with Crippen LogP contribution >= 0.6 is 11.3 Å². The van der Waals surface area contributed by atoms with Crippen LogP contribution in [0.15, 0.2) is 36.2 Å². The number of ether oxygens (including phenoxy) is 2. The van der Waals surface area contributed by atoms with Gasteiger partial charge in [0.25, 0.3) is 0 Å². The molecule has 1 saturated heterocycles. The normalized spacial score (nSPS) is 23.1. The molecule has 0 radical (unpaired) electrons. The molecule has 1 aromatic carbocycles. The van der Waals surface area contributed by atoms with Crippen molar-refractivity contribution in [2.24, 2.45) is 0 Å². The minimum Gasteiger partial charge on any atom is -0.490 e. The smallest absolute Gasteiger partial charge is 0.132 e. The molecule has 0 unspecified atom stereocenters. The van der Waals surface area contributed by atoms with E-state index in [1.165, 1.54) is 5.01 Å². The highest BCUT2D eigenvalue weighted by atomic mass is 32.1. The molecule has 0 spiro atoms. The summed E-state index contributed by atoms with van der Waals surface area (Å²) in [5, 5.41) is 4.33. The SMILES string of the molecule is c1csc(C2CCC(Oc3cc(N4CCOCC4)cc4ncncc34)CC2)n1. The highest BCUT2D eigenvalue weighted by Gasteiger charge is 2.26. The van der Waals surface area contributed by atoms with Gasteiger partial charge in [-0.25, -0.2) is 15.0 Å². The quantitative estimate of drug-likeness (QED) is 0.664. The molecule has 28 heavy (non-hydrogen) atoms. The number of fused-ring (bicyclic) bond motifs is 1. The van der Waals surface area contributed by atoms with Gasteiger partial charge in [0.1, 0.15) is 12.1 Å². The topological polar surface area (TPSA) is 60.4 Å². The zero-order chi connectivity index (χ0) is 18.8. The summed E-state index contributed by atoms with van der Waals surface area (Å²) in [5.74, 6) is 1.48. The Morgan fingerprint density at radius 3 is 2.71 bits per heavy atom. The van der Waals surface area contributed by atoms with E-state index < -0.39 is 0 Å². The molecule has 2 aromatic heterocycles. The summed E-state index contributed by atoms with van der Waals surface area (Å²) >= 11 is 1.77. The third-order valence-corrected chi connectivity index (χ3v) is 6.65. The highest BCUT2D eigenvalue weighted by molar-refractivity contribution is 7.09. The predicted molar refractivity (Wildman–Crippen MR) is 110 cm³/mol. The molecule has 0 amide bonds. The van der Waals surface area contributed by atoms with Crippen molar-refractivity contribution < 1.29 is 9.47 Å². The number of benzene rings is 1. The number of rotatable bonds is 4. The number of hydrogen-bond acceptors (Lipinski definition) is 7. The Kier molecular flexibility index (Phi) is 5.10. The van der Waals surface area contributed by atoms with Gasteiger partial charge in [0.15, 0.2) is 0 Å². The van der Waals surface area contributed by atoms with Gasteiger partial charge in [0.05, 0.1) is 35.2 Å². The second-order valence-electron chi connectivity index (χ2n) is 7.46. The molecule has 146 valence electrons. The Labute approximate surface area is 168 Å². The largest absolute Gasteiger partial charge is 0.490 e. The number of morpholine rings is 1. The summed E-state index contributed by atoms with van der Waals surface area (Å²) < 4.78 is 12.0. The Morgan fingerprint density at radius 2 is 1.93 bits per heavy atom. The van der Waals surface area contributed by atoms with Gasteiger partial charge in [0, 0.05) is 48.5 Å². The van der Waals surface area contributed by atoms with Gasteiger partial charge in [-0.15, -0.1) is 11.3 Å². The molecule has 2 fully saturated rings. The van der Waals surface area contributed by atoms with Crippen molar-refractivity contribution in [1.29, 1.82) is 0 Å². The van der Waals surface area contributed by atoms with Crippen LogP contribution in [0.25, 0.3) is 10.9 Å². The van der Waals surface area contributed by atoms with Gasteiger partial charge >= 0.3 is 0 Å². The van der Waals surface area contributed by atoms with Gasteiger partial charge < -0.3 is 14.4 Å². The van der Waals surface area contributed by atoms with Crippen molar-refractivity contribution >= 4 is 27.9 Å². The van der Waals surface area contributed by atoms with Gasteiger partial charge in [-0.3, -0.25) is 0 Å². The summed E-state index contributed by atoms with van der Waals surface area (Å²) in [5.41, 5.74) is 2.09. The zero-order valence-corrected chi connectivity index (χ0v) is 16.6. The Bertz CT molecular complexity index is 919. The molecule has 5 rings (SSSR count). The van der Waals surface area contributed by atoms with E-state index in [9.17, 15) is 0 Å². The number of aromatic nitrogens is 3. The fourth-order valence-corrected chi connectivity index (χ4v) is 4.99. The van der Waals surface area contributed by atoms with Crippen LogP contribution in [0.2, 0.25) is 0 Å². The van der Waals surface area contributed by atoms with Crippen LogP contribution in [0.1, 0.15) is 36.6 Å². The number of nitrogens with zero attached hydrogens (tertiary/aromatic N) is 4. The summed E-state index contributed by atoms with van der Waals surface area (Å²) in [6.07, 6.45) is 10.00. The molecule has 3 aromatic rings. The molecule has 7 heteroatoms. The van der Waals surface area contributed by atoms with Crippen LogP contribution in [-0.4, -0.2) is 47.4 Å². The number of hydrogen-bond donors (Lipinski definition) is 0. The average molecular weight is 397 g/mol. The summed E-state index contributed by atoms with van der Waals surface area (Å²) in [4.78, 5) is 15.5. The Hall–Kier alpha value is -2.25. The molecule has 1 aliphatic carbocycles. The lowest BCUT2D eigenvalue weighted by molar-refractivity contribution is 0.122. The van der Waals surface area contributed by atoms with E-state index >= 15 is 0 Å². The summed E-state index contributed by atoms with van der Waals surface area (Å²) in [7, 11) is 0. The molecule has 3 heterocycles. The molecular weight excluding hydrogens is 372 g/mol. The van der Waals surface area contributed by atoms with Crippen molar-refractivity contribution in [3.8, 4) is 5.75 Å². The molecule has 0 bridgehead atoms. The average Bonchev–Trinajstić information content (AvgIpc) is 3.30. The molecule has 0 N–H and O–H groups in total. The van der Waals surface area contributed by atoms with E-state index in [-0.39, 0.29) is 6.10 Å². The third-order valence-electron chi connectivity index (χ3n) is 5.72. The maximum absolute atomic E-state index is 6.51. The van der Waals surface area contributed by atoms with Crippen molar-refractivity contribution in [1.82, 2.24) is 15.0 Å². The van der Waals surface area contributed by atoms with E-state index in [1.54, 1.807) is 17.7 Å². The molecule has 6 nitrogen and oxygen atoms in total. The maximum atomic E-state index is 6.51. The zero-order valence-electron chi connectivity index (χ0n) is 15.8. The minimum absolute atomic E-state index is 0.236. The lowest BCUT2D eigenvalue weighted by Gasteiger charge is -2.31. The molecule has 1 saturated carbocycles. The third kappa shape index (κ3) is 3.69. The van der Waals surface area contributed by atoms with E-state index in [4.69, 9.17) is 9.47 Å². The van der Waals surface area contributed by atoms with E-state index in [2.05, 4.69) is 37.4 Å². The second kappa shape index (κ2) is 8.01. The fourth-order valence-electron chi connectivity index (χ4n) is 4.18. The van der Waals surface area contributed by atoms with Crippen LogP contribution in [0.3, 0.4) is 0 Å². The second-order valence-corrected chi connectivity index (χ2v) is 8.39. The summed E-state index contributed by atoms with van der Waals surface area (Å²) in [6, 6.07) is 4.29. The van der Waals surface area contributed by atoms with Gasteiger partial charge in [-0.1, -0.05) is 0 Å². The van der Waals surface area contributed by atoms with E-state index in [1.807, 2.05) is 12.4 Å². The number of thiazole rings is 1. The molecular formula is C21H24N4O2S. The Balaban J connectivity index is 1.36. The molecule has 2 aliphatic rings. The molecule has 1 aliphatic heterocycles. The van der Waals surface area contributed by atoms with E-state index in [0.29, 0.717) is 5.92 Å². The van der Waals surface area contributed by atoms with Crippen LogP contribution < -0.4 is 9.64 Å². The first kappa shape index (κ1) is 17.8. The van der Waals surface area contributed by atoms with Crippen LogP contribution in [0.4, 0.5) is 5.69 Å². The molecule has 0 atom stereocenters. The predicted octanol–water partition coefficient (Wildman–Crippen LogP) is 4.03. The summed E-state index contributed by atoms with van der Waals surface area (Å²) in [6.45, 7) is 3.32. The fraction of sp³-hybridized carbons (Fsp3) is 0.476. The van der Waals surface area contributed by atoms with Crippen molar-refractivity contribution in [2.45, 2.75) is 37.7 Å². The standard InChI is InChI=1S/C21H24N4O2S/c1-3-17(4-2-15(1)21-23-5-10-28-21)27-20-12-16(25-6-8-26-9-7-25)11-19-18(20)13-22-14-24-19/h5,10-15,17H,1-4,6-9H2. The lowest BCUT2D eigenvalue weighted by Crippen LogP contribution is -2.36. The van der Waals surface area contributed by atoms with Crippen LogP contribution in [-0.2, 0) is 4.74 Å². The first-order valence-corrected chi connectivity index (χ1v) is 10.9. The maximum Gasteiger partial charge on any atom is 0.132 e. The minimum atomic E-state index is 0.236. The van der Waals surface area contributed by atoms with Gasteiger partial charge in [-0.2, -0.15) is 0 Å². The Morgan fingerprint density at radius 1 is 1.07 bits per heavy atom. The van der Waals surface area contributed by atoms with Crippen molar-refractivity contribution in [3.05, 3.63) is 41.2 Å². The van der Waals surface area contributed by atoms with E-state index in [0.717, 1.165) is 74.3 Å². The van der Waals surface area contributed by atoms with Crippen molar-refractivity contribution in [2.75, 3.05) is 31.2 Å². The first-order valence-electron chi connectivity index (χ1n) is 9.99. The van der Waals surface area contributed by atoms with Crippen LogP contribution in [0.5, 0.6) is 5.75 Å². The van der Waals surface area contributed by atoms with Gasteiger partial charge in [0.2, 0.25) is 0 Å². The first-order chi connectivity index (χ1) is 13.9. The van der Waals surface area contributed by atoms with Gasteiger partial charge in [-0.05, 0) is 31.7 Å². The lowest BCUT2D eigenvalue weighted by atomic mass is 9.88. The number of anilines is 1. The highest BCUT2D eigenvalue weighted by Crippen LogP contribution is 2.37. The monoisotopic (exact) mass is 396 g/mol. The van der Waals surface area contributed by atoms with Crippen molar-refractivity contribution in [3.63, 3.8) is 0 Å².